The second-order valence-corrected chi connectivity index (χ2v) is 6.82. The zero-order valence-corrected chi connectivity index (χ0v) is 15.6. The number of carbonyl (C=O) groups excluding carboxylic acids is 1. The average molecular weight is 418 g/mol. The zero-order chi connectivity index (χ0) is 21.8. The van der Waals surface area contributed by atoms with E-state index in [2.05, 4.69) is 6.07 Å². The van der Waals surface area contributed by atoms with Gasteiger partial charge in [0.05, 0.1) is 18.7 Å². The standard InChI is InChI=1S/C16H20N2O4.C2HF3O2/c1-11-3-2-4-12(5-11)6-18-13-7-17(9-16(20)21)8-14(13)22-10-15(18)19;3-2(4,5)1(6)7/h2-5,13-14H,6-10H2,1H3,(H,20,21);(H,6,7)/t13-,14-;/m1./s1. The molecule has 0 radical (unpaired) electrons. The number of benzene rings is 1. The number of carboxylic acid groups (broad SMARTS) is 2. The first kappa shape index (κ1) is 22.6. The summed E-state index contributed by atoms with van der Waals surface area (Å²) in [5.41, 5.74) is 2.25. The van der Waals surface area contributed by atoms with Gasteiger partial charge in [0, 0.05) is 19.6 Å². The zero-order valence-electron chi connectivity index (χ0n) is 15.6. The van der Waals surface area contributed by atoms with Gasteiger partial charge in [0.15, 0.2) is 0 Å². The minimum absolute atomic E-state index is 0.0111. The van der Waals surface area contributed by atoms with Crippen LogP contribution in [0.4, 0.5) is 13.2 Å². The number of carbonyl (C=O) groups is 3. The number of morpholine rings is 1. The second-order valence-electron chi connectivity index (χ2n) is 6.82. The van der Waals surface area contributed by atoms with Gasteiger partial charge in [-0.05, 0) is 12.5 Å². The summed E-state index contributed by atoms with van der Waals surface area (Å²) in [5.74, 6) is -3.64. The first-order valence-corrected chi connectivity index (χ1v) is 8.68. The third kappa shape index (κ3) is 6.43. The smallest absolute Gasteiger partial charge is 0.480 e. The van der Waals surface area contributed by atoms with Gasteiger partial charge in [-0.1, -0.05) is 29.8 Å². The molecule has 2 aliphatic heterocycles. The van der Waals surface area contributed by atoms with Crippen LogP contribution in [0.1, 0.15) is 11.1 Å². The molecule has 1 aromatic rings. The van der Waals surface area contributed by atoms with Crippen LogP contribution in [-0.4, -0.2) is 82.4 Å². The lowest BCUT2D eigenvalue weighted by molar-refractivity contribution is -0.192. The van der Waals surface area contributed by atoms with Gasteiger partial charge in [-0.25, -0.2) is 4.79 Å². The van der Waals surface area contributed by atoms with Crippen LogP contribution in [0.5, 0.6) is 0 Å². The van der Waals surface area contributed by atoms with Crippen molar-refractivity contribution in [1.82, 2.24) is 9.80 Å². The quantitative estimate of drug-likeness (QED) is 0.755. The van der Waals surface area contributed by atoms with Crippen molar-refractivity contribution in [2.45, 2.75) is 31.8 Å². The third-order valence-corrected chi connectivity index (χ3v) is 4.49. The predicted octanol–water partition coefficient (Wildman–Crippen LogP) is 1.12. The molecule has 3 rings (SSSR count). The Morgan fingerprint density at radius 1 is 1.24 bits per heavy atom. The highest BCUT2D eigenvalue weighted by Crippen LogP contribution is 2.25. The van der Waals surface area contributed by atoms with Crippen molar-refractivity contribution in [3.63, 3.8) is 0 Å². The van der Waals surface area contributed by atoms with Crippen LogP contribution >= 0.6 is 0 Å². The van der Waals surface area contributed by atoms with Crippen molar-refractivity contribution >= 4 is 17.8 Å². The van der Waals surface area contributed by atoms with Crippen LogP contribution in [-0.2, 0) is 25.7 Å². The molecule has 2 N–H and O–H groups in total. The van der Waals surface area contributed by atoms with Gasteiger partial charge in [-0.3, -0.25) is 14.5 Å². The normalized spacial score (nSPS) is 21.9. The number of hydrogen-bond donors (Lipinski definition) is 2. The summed E-state index contributed by atoms with van der Waals surface area (Å²) in [7, 11) is 0. The Hall–Kier alpha value is -2.66. The van der Waals surface area contributed by atoms with Crippen molar-refractivity contribution in [2.24, 2.45) is 0 Å². The molecule has 8 nitrogen and oxygen atoms in total. The van der Waals surface area contributed by atoms with E-state index in [0.717, 1.165) is 11.1 Å². The van der Waals surface area contributed by atoms with Crippen LogP contribution < -0.4 is 0 Å². The molecule has 0 saturated carbocycles. The Morgan fingerprint density at radius 3 is 2.45 bits per heavy atom. The first-order chi connectivity index (χ1) is 13.5. The minimum atomic E-state index is -5.08. The number of halogens is 3. The van der Waals surface area contributed by atoms with Gasteiger partial charge in [0.25, 0.3) is 0 Å². The summed E-state index contributed by atoms with van der Waals surface area (Å²) < 4.78 is 37.3. The monoisotopic (exact) mass is 418 g/mol. The van der Waals surface area contributed by atoms with Crippen LogP contribution in [0.25, 0.3) is 0 Å². The van der Waals surface area contributed by atoms with Crippen LogP contribution in [0.2, 0.25) is 0 Å². The number of hydrogen-bond acceptors (Lipinski definition) is 5. The number of carboxylic acids is 2. The number of fused-ring (bicyclic) bond motifs is 1. The largest absolute Gasteiger partial charge is 0.490 e. The lowest BCUT2D eigenvalue weighted by Gasteiger charge is -2.36. The van der Waals surface area contributed by atoms with Crippen molar-refractivity contribution < 1.29 is 42.5 Å². The fourth-order valence-corrected chi connectivity index (χ4v) is 3.28. The number of aryl methyl sites for hydroxylation is 1. The van der Waals surface area contributed by atoms with E-state index in [1.54, 1.807) is 0 Å². The van der Waals surface area contributed by atoms with E-state index in [-0.39, 0.29) is 31.2 Å². The SMILES string of the molecule is Cc1cccc(CN2C(=O)CO[C@@H]3CN(CC(=O)O)C[C@H]32)c1.O=C(O)C(F)(F)F. The molecule has 11 heteroatoms. The van der Waals surface area contributed by atoms with Crippen molar-refractivity contribution in [1.29, 1.82) is 0 Å². The predicted molar refractivity (Wildman–Crippen MR) is 93.0 cm³/mol. The molecule has 2 atom stereocenters. The fraction of sp³-hybridized carbons (Fsp3) is 0.500. The summed E-state index contributed by atoms with van der Waals surface area (Å²) in [6, 6.07) is 8.02. The molecular formula is C18H21F3N2O6. The van der Waals surface area contributed by atoms with Gasteiger partial charge in [0.1, 0.15) is 6.61 Å². The topological polar surface area (TPSA) is 107 Å². The van der Waals surface area contributed by atoms with Crippen molar-refractivity contribution in [3.8, 4) is 0 Å². The Balaban J connectivity index is 0.000000370. The number of alkyl halides is 3. The summed E-state index contributed by atoms with van der Waals surface area (Å²) in [6.45, 7) is 3.75. The summed E-state index contributed by atoms with van der Waals surface area (Å²) in [4.78, 5) is 35.7. The van der Waals surface area contributed by atoms with Gasteiger partial charge in [-0.2, -0.15) is 13.2 Å². The fourth-order valence-electron chi connectivity index (χ4n) is 3.28. The minimum Gasteiger partial charge on any atom is -0.480 e. The highest BCUT2D eigenvalue weighted by molar-refractivity contribution is 5.79. The molecule has 160 valence electrons. The maximum Gasteiger partial charge on any atom is 0.490 e. The number of nitrogens with zero attached hydrogens (tertiary/aromatic N) is 2. The van der Waals surface area contributed by atoms with Crippen molar-refractivity contribution in [3.05, 3.63) is 35.4 Å². The number of ether oxygens (including phenoxy) is 1. The van der Waals surface area contributed by atoms with Gasteiger partial charge in [-0.15, -0.1) is 0 Å². The average Bonchev–Trinajstić information content (AvgIpc) is 2.99. The Kier molecular flexibility index (Phi) is 7.20. The number of aliphatic carboxylic acids is 2. The Morgan fingerprint density at radius 2 is 1.90 bits per heavy atom. The van der Waals surface area contributed by atoms with E-state index in [4.69, 9.17) is 19.7 Å². The maximum atomic E-state index is 12.2. The summed E-state index contributed by atoms with van der Waals surface area (Å²) >= 11 is 0. The molecule has 2 fully saturated rings. The van der Waals surface area contributed by atoms with Gasteiger partial charge >= 0.3 is 18.1 Å². The molecule has 0 bridgehead atoms. The summed E-state index contributed by atoms with van der Waals surface area (Å²) in [6.07, 6.45) is -5.18. The van der Waals surface area contributed by atoms with Crippen LogP contribution in [0, 0.1) is 6.92 Å². The van der Waals surface area contributed by atoms with Gasteiger partial charge < -0.3 is 19.8 Å². The molecule has 0 aromatic heterocycles. The molecule has 2 saturated heterocycles. The molecule has 1 amide bonds. The molecule has 29 heavy (non-hydrogen) atoms. The van der Waals surface area contributed by atoms with E-state index in [1.807, 2.05) is 34.9 Å². The molecule has 1 aromatic carbocycles. The number of likely N-dealkylation sites (tertiary alicyclic amines) is 1. The molecule has 0 aliphatic carbocycles. The molecule has 2 heterocycles. The molecule has 2 aliphatic rings. The van der Waals surface area contributed by atoms with Crippen LogP contribution in [0.15, 0.2) is 24.3 Å². The maximum absolute atomic E-state index is 12.2. The number of amides is 1. The first-order valence-electron chi connectivity index (χ1n) is 8.68. The Bertz CT molecular complexity index is 770. The number of rotatable bonds is 4. The van der Waals surface area contributed by atoms with E-state index >= 15 is 0 Å². The third-order valence-electron chi connectivity index (χ3n) is 4.49. The lowest BCUT2D eigenvalue weighted by Crippen LogP contribution is -2.53. The summed E-state index contributed by atoms with van der Waals surface area (Å²) in [5, 5.41) is 16.1. The molecular weight excluding hydrogens is 397 g/mol. The lowest BCUT2D eigenvalue weighted by atomic mass is 10.1. The van der Waals surface area contributed by atoms with Gasteiger partial charge in [0.2, 0.25) is 5.91 Å². The van der Waals surface area contributed by atoms with E-state index in [9.17, 15) is 22.8 Å². The molecule has 0 spiro atoms. The van der Waals surface area contributed by atoms with E-state index in [0.29, 0.717) is 19.6 Å². The van der Waals surface area contributed by atoms with E-state index < -0.39 is 18.1 Å². The van der Waals surface area contributed by atoms with Crippen LogP contribution in [0.3, 0.4) is 0 Å². The Labute approximate surface area is 164 Å². The second kappa shape index (κ2) is 9.23. The highest BCUT2D eigenvalue weighted by atomic mass is 19.4. The van der Waals surface area contributed by atoms with E-state index in [1.165, 1.54) is 0 Å². The highest BCUT2D eigenvalue weighted by Gasteiger charge is 2.43. The van der Waals surface area contributed by atoms with Crippen molar-refractivity contribution in [2.75, 3.05) is 26.2 Å². The molecule has 0 unspecified atom stereocenters.